The number of amides is 1. The van der Waals surface area contributed by atoms with Crippen molar-refractivity contribution in [1.29, 1.82) is 0 Å². The van der Waals surface area contributed by atoms with Gasteiger partial charge in [-0.1, -0.05) is 6.07 Å². The van der Waals surface area contributed by atoms with Gasteiger partial charge in [-0.2, -0.15) is 0 Å². The SMILES string of the molecule is O=C(c1ccc(Nc2c(F)cccc2F)cn1)N1CCC2(CC1)OCCO2. The first-order valence-corrected chi connectivity index (χ1v) is 8.81. The highest BCUT2D eigenvalue weighted by atomic mass is 19.1. The Kier molecular flexibility index (Phi) is 4.75. The molecule has 1 spiro atoms. The molecule has 0 aliphatic carbocycles. The van der Waals surface area contributed by atoms with Crippen molar-refractivity contribution in [3.63, 3.8) is 0 Å². The van der Waals surface area contributed by atoms with Crippen LogP contribution in [0.4, 0.5) is 20.2 Å². The molecule has 2 aliphatic heterocycles. The molecule has 0 radical (unpaired) electrons. The zero-order valence-corrected chi connectivity index (χ0v) is 14.6. The number of hydrogen-bond acceptors (Lipinski definition) is 5. The number of nitrogens with zero attached hydrogens (tertiary/aromatic N) is 2. The van der Waals surface area contributed by atoms with Crippen molar-refractivity contribution in [3.8, 4) is 0 Å². The zero-order chi connectivity index (χ0) is 18.9. The lowest BCUT2D eigenvalue weighted by Gasteiger charge is -2.37. The number of halogens is 2. The number of anilines is 2. The molecule has 0 atom stereocenters. The van der Waals surface area contributed by atoms with E-state index in [1.54, 1.807) is 11.0 Å². The number of likely N-dealkylation sites (tertiary alicyclic amines) is 1. The predicted molar refractivity (Wildman–Crippen MR) is 93.7 cm³/mol. The van der Waals surface area contributed by atoms with Gasteiger partial charge in [0.05, 0.1) is 25.1 Å². The number of aromatic nitrogens is 1. The molecule has 2 aliphatic rings. The molecule has 1 N–H and O–H groups in total. The van der Waals surface area contributed by atoms with Crippen molar-refractivity contribution in [2.24, 2.45) is 0 Å². The second kappa shape index (κ2) is 7.21. The topological polar surface area (TPSA) is 63.7 Å². The van der Waals surface area contributed by atoms with E-state index in [0.717, 1.165) is 12.1 Å². The molecule has 1 aromatic carbocycles. The highest BCUT2D eigenvalue weighted by molar-refractivity contribution is 5.92. The Morgan fingerprint density at radius 2 is 1.74 bits per heavy atom. The predicted octanol–water partition coefficient (Wildman–Crippen LogP) is 3.08. The maximum absolute atomic E-state index is 13.7. The Morgan fingerprint density at radius 3 is 2.33 bits per heavy atom. The molecule has 2 aromatic rings. The number of ether oxygens (including phenoxy) is 2. The van der Waals surface area contributed by atoms with Gasteiger partial charge in [-0.25, -0.2) is 13.8 Å². The Hall–Kier alpha value is -2.58. The summed E-state index contributed by atoms with van der Waals surface area (Å²) in [6.07, 6.45) is 2.64. The van der Waals surface area contributed by atoms with Crippen LogP contribution in [-0.2, 0) is 9.47 Å². The van der Waals surface area contributed by atoms with E-state index in [9.17, 15) is 13.6 Å². The van der Waals surface area contributed by atoms with Crippen LogP contribution < -0.4 is 5.32 Å². The van der Waals surface area contributed by atoms with Crippen molar-refractivity contribution in [1.82, 2.24) is 9.88 Å². The minimum absolute atomic E-state index is 0.188. The molecule has 8 heteroatoms. The fraction of sp³-hybridized carbons (Fsp3) is 0.368. The van der Waals surface area contributed by atoms with Crippen LogP contribution in [0.25, 0.3) is 0 Å². The summed E-state index contributed by atoms with van der Waals surface area (Å²) >= 11 is 0. The van der Waals surface area contributed by atoms with Crippen molar-refractivity contribution >= 4 is 17.3 Å². The molecular formula is C19H19F2N3O3. The lowest BCUT2D eigenvalue weighted by molar-refractivity contribution is -0.181. The third-order valence-electron chi connectivity index (χ3n) is 4.84. The van der Waals surface area contributed by atoms with Gasteiger partial charge in [-0.05, 0) is 24.3 Å². The number of para-hydroxylation sites is 1. The number of pyridine rings is 1. The first-order valence-electron chi connectivity index (χ1n) is 8.81. The van der Waals surface area contributed by atoms with E-state index in [-0.39, 0.29) is 17.3 Å². The van der Waals surface area contributed by atoms with Crippen molar-refractivity contribution in [3.05, 3.63) is 53.9 Å². The van der Waals surface area contributed by atoms with Gasteiger partial charge in [-0.15, -0.1) is 0 Å². The normalized spacial score (nSPS) is 18.7. The molecule has 3 heterocycles. The third-order valence-corrected chi connectivity index (χ3v) is 4.84. The molecule has 0 saturated carbocycles. The summed E-state index contributed by atoms with van der Waals surface area (Å²) in [6.45, 7) is 2.24. The summed E-state index contributed by atoms with van der Waals surface area (Å²) in [4.78, 5) is 18.5. The monoisotopic (exact) mass is 375 g/mol. The summed E-state index contributed by atoms with van der Waals surface area (Å²) in [5.74, 6) is -2.13. The number of hydrogen-bond donors (Lipinski definition) is 1. The van der Waals surface area contributed by atoms with Gasteiger partial charge in [0.1, 0.15) is 23.0 Å². The molecule has 0 bridgehead atoms. The molecule has 4 rings (SSSR count). The molecular weight excluding hydrogens is 356 g/mol. The number of rotatable bonds is 3. The number of nitrogens with one attached hydrogen (secondary N) is 1. The fourth-order valence-corrected chi connectivity index (χ4v) is 3.35. The molecule has 142 valence electrons. The van der Waals surface area contributed by atoms with Crippen LogP contribution in [0.15, 0.2) is 36.5 Å². The van der Waals surface area contributed by atoms with Gasteiger partial charge in [0.25, 0.3) is 5.91 Å². The first-order chi connectivity index (χ1) is 13.1. The minimum atomic E-state index is -0.700. The van der Waals surface area contributed by atoms with Crippen LogP contribution in [0.3, 0.4) is 0 Å². The lowest BCUT2D eigenvalue weighted by atomic mass is 10.0. The average molecular weight is 375 g/mol. The van der Waals surface area contributed by atoms with Crippen LogP contribution >= 0.6 is 0 Å². The maximum Gasteiger partial charge on any atom is 0.272 e. The number of carbonyl (C=O) groups is 1. The van der Waals surface area contributed by atoms with E-state index >= 15 is 0 Å². The summed E-state index contributed by atoms with van der Waals surface area (Å²) in [5.41, 5.74) is 0.413. The van der Waals surface area contributed by atoms with Crippen LogP contribution in [0, 0.1) is 11.6 Å². The highest BCUT2D eigenvalue weighted by Crippen LogP contribution is 2.31. The largest absolute Gasteiger partial charge is 0.349 e. The Balaban J connectivity index is 1.41. The fourth-order valence-electron chi connectivity index (χ4n) is 3.35. The molecule has 2 saturated heterocycles. The van der Waals surface area contributed by atoms with Gasteiger partial charge in [-0.3, -0.25) is 4.79 Å². The van der Waals surface area contributed by atoms with E-state index in [1.165, 1.54) is 18.3 Å². The van der Waals surface area contributed by atoms with Crippen LogP contribution in [0.1, 0.15) is 23.3 Å². The zero-order valence-electron chi connectivity index (χ0n) is 14.6. The minimum Gasteiger partial charge on any atom is -0.349 e. The standard InChI is InChI=1S/C19H19F2N3O3/c20-14-2-1-3-15(21)17(14)23-13-4-5-16(22-12-13)18(25)24-8-6-19(7-9-24)26-10-11-27-19/h1-5,12,23H,6-11H2. The molecule has 1 aromatic heterocycles. The first kappa shape index (κ1) is 17.8. The van der Waals surface area contributed by atoms with Crippen LogP contribution in [-0.4, -0.2) is 47.9 Å². The number of benzene rings is 1. The van der Waals surface area contributed by atoms with Crippen molar-refractivity contribution in [2.75, 3.05) is 31.6 Å². The van der Waals surface area contributed by atoms with E-state index in [1.807, 2.05) is 0 Å². The van der Waals surface area contributed by atoms with Crippen LogP contribution in [0.5, 0.6) is 0 Å². The molecule has 1 amide bonds. The van der Waals surface area contributed by atoms with E-state index in [0.29, 0.717) is 44.8 Å². The summed E-state index contributed by atoms with van der Waals surface area (Å²) in [6, 6.07) is 6.73. The molecule has 6 nitrogen and oxygen atoms in total. The second-order valence-electron chi connectivity index (χ2n) is 6.55. The van der Waals surface area contributed by atoms with E-state index in [4.69, 9.17) is 9.47 Å². The van der Waals surface area contributed by atoms with Gasteiger partial charge in [0.2, 0.25) is 0 Å². The van der Waals surface area contributed by atoms with Crippen molar-refractivity contribution < 1.29 is 23.0 Å². The van der Waals surface area contributed by atoms with Crippen molar-refractivity contribution in [2.45, 2.75) is 18.6 Å². The van der Waals surface area contributed by atoms with Gasteiger partial charge in [0.15, 0.2) is 5.79 Å². The Morgan fingerprint density at radius 1 is 1.07 bits per heavy atom. The maximum atomic E-state index is 13.7. The summed E-state index contributed by atoms with van der Waals surface area (Å²) < 4.78 is 38.7. The van der Waals surface area contributed by atoms with E-state index in [2.05, 4.69) is 10.3 Å². The van der Waals surface area contributed by atoms with Gasteiger partial charge >= 0.3 is 0 Å². The average Bonchev–Trinajstić information content (AvgIpc) is 3.13. The van der Waals surface area contributed by atoms with Gasteiger partial charge in [0, 0.05) is 25.9 Å². The quantitative estimate of drug-likeness (QED) is 0.893. The smallest absolute Gasteiger partial charge is 0.272 e. The Labute approximate surface area is 155 Å². The highest BCUT2D eigenvalue weighted by Gasteiger charge is 2.41. The lowest BCUT2D eigenvalue weighted by Crippen LogP contribution is -2.47. The Bertz CT molecular complexity index is 808. The van der Waals surface area contributed by atoms with Gasteiger partial charge < -0.3 is 19.7 Å². The molecule has 2 fully saturated rings. The molecule has 27 heavy (non-hydrogen) atoms. The summed E-state index contributed by atoms with van der Waals surface area (Å²) in [5, 5.41) is 2.65. The van der Waals surface area contributed by atoms with E-state index < -0.39 is 17.4 Å². The number of piperidine rings is 1. The third kappa shape index (κ3) is 3.63. The number of carbonyl (C=O) groups excluding carboxylic acids is 1. The molecule has 0 unspecified atom stereocenters. The second-order valence-corrected chi connectivity index (χ2v) is 6.55. The van der Waals surface area contributed by atoms with Crippen LogP contribution in [0.2, 0.25) is 0 Å². The summed E-state index contributed by atoms with van der Waals surface area (Å²) in [7, 11) is 0.